The third kappa shape index (κ3) is 5.06. The third-order valence-electron chi connectivity index (χ3n) is 4.44. The Balaban J connectivity index is 1.89. The summed E-state index contributed by atoms with van der Waals surface area (Å²) >= 11 is 0. The number of hydrogen-bond donors (Lipinski definition) is 1. The van der Waals surface area contributed by atoms with E-state index in [1.807, 2.05) is 13.8 Å². The first kappa shape index (κ1) is 20.7. The number of carbonyl (C=O) groups is 1. The van der Waals surface area contributed by atoms with Crippen LogP contribution in [-0.2, 0) is 11.3 Å². The molecule has 0 spiro atoms. The monoisotopic (exact) mass is 397 g/mol. The minimum Gasteiger partial charge on any atom is -0.379 e. The zero-order valence-corrected chi connectivity index (χ0v) is 16.5. The average Bonchev–Trinajstić information content (AvgIpc) is 2.70. The van der Waals surface area contributed by atoms with Crippen LogP contribution in [0.15, 0.2) is 53.5 Å². The number of rotatable bonds is 8. The Bertz CT molecular complexity index is 1060. The number of carbonyl (C=O) groups excluding carboxylic acids is 1. The SMILES string of the molecule is CC(C)OCCCNC(=O)c1cc2cccnc2n(Cc2ccccc2F)c1=O. The van der Waals surface area contributed by atoms with Crippen molar-refractivity contribution in [2.45, 2.75) is 32.9 Å². The van der Waals surface area contributed by atoms with E-state index in [0.29, 0.717) is 36.2 Å². The van der Waals surface area contributed by atoms with Crippen molar-refractivity contribution in [1.82, 2.24) is 14.9 Å². The quantitative estimate of drug-likeness (QED) is 0.593. The van der Waals surface area contributed by atoms with Crippen LogP contribution < -0.4 is 10.9 Å². The van der Waals surface area contributed by atoms with Gasteiger partial charge in [-0.1, -0.05) is 18.2 Å². The lowest BCUT2D eigenvalue weighted by Gasteiger charge is -2.13. The summed E-state index contributed by atoms with van der Waals surface area (Å²) < 4.78 is 20.9. The lowest BCUT2D eigenvalue weighted by Crippen LogP contribution is -2.34. The van der Waals surface area contributed by atoms with E-state index in [9.17, 15) is 14.0 Å². The van der Waals surface area contributed by atoms with Gasteiger partial charge in [0.2, 0.25) is 0 Å². The van der Waals surface area contributed by atoms with Crippen LogP contribution in [0.2, 0.25) is 0 Å². The Morgan fingerprint density at radius 1 is 1.24 bits per heavy atom. The molecule has 3 rings (SSSR count). The molecule has 1 amide bonds. The molecule has 0 saturated heterocycles. The first-order chi connectivity index (χ1) is 14.0. The molecule has 0 aliphatic heterocycles. The molecule has 0 radical (unpaired) electrons. The topological polar surface area (TPSA) is 73.2 Å². The predicted octanol–water partition coefficient (Wildman–Crippen LogP) is 3.13. The van der Waals surface area contributed by atoms with Gasteiger partial charge >= 0.3 is 0 Å². The van der Waals surface area contributed by atoms with Crippen LogP contribution >= 0.6 is 0 Å². The van der Waals surface area contributed by atoms with E-state index in [1.54, 1.807) is 36.5 Å². The molecule has 3 aromatic rings. The van der Waals surface area contributed by atoms with Gasteiger partial charge in [0.1, 0.15) is 17.0 Å². The maximum atomic E-state index is 14.1. The van der Waals surface area contributed by atoms with E-state index in [4.69, 9.17) is 4.74 Å². The summed E-state index contributed by atoms with van der Waals surface area (Å²) in [6, 6.07) is 11.3. The Morgan fingerprint density at radius 2 is 2.03 bits per heavy atom. The number of fused-ring (bicyclic) bond motifs is 1. The number of amides is 1. The fourth-order valence-corrected chi connectivity index (χ4v) is 3.00. The van der Waals surface area contributed by atoms with Crippen molar-refractivity contribution in [1.29, 1.82) is 0 Å². The summed E-state index contributed by atoms with van der Waals surface area (Å²) in [5.74, 6) is -0.879. The van der Waals surface area contributed by atoms with Gasteiger partial charge in [0, 0.05) is 30.3 Å². The van der Waals surface area contributed by atoms with E-state index in [-0.39, 0.29) is 18.2 Å². The second-order valence-corrected chi connectivity index (χ2v) is 6.99. The van der Waals surface area contributed by atoms with Crippen LogP contribution in [0.1, 0.15) is 36.2 Å². The van der Waals surface area contributed by atoms with Crippen LogP contribution in [0.5, 0.6) is 0 Å². The van der Waals surface area contributed by atoms with Crippen molar-refractivity contribution < 1.29 is 13.9 Å². The Labute approximate surface area is 168 Å². The molecule has 0 unspecified atom stereocenters. The normalized spacial score (nSPS) is 11.2. The fourth-order valence-electron chi connectivity index (χ4n) is 3.00. The molecular formula is C22H24FN3O3. The van der Waals surface area contributed by atoms with Crippen LogP contribution in [0.4, 0.5) is 4.39 Å². The second kappa shape index (κ2) is 9.43. The highest BCUT2D eigenvalue weighted by Crippen LogP contribution is 2.14. The van der Waals surface area contributed by atoms with Crippen LogP contribution in [0.25, 0.3) is 11.0 Å². The largest absolute Gasteiger partial charge is 0.379 e. The molecule has 1 aromatic carbocycles. The summed E-state index contributed by atoms with van der Waals surface area (Å²) in [5.41, 5.74) is 0.259. The molecule has 2 aromatic heterocycles. The van der Waals surface area contributed by atoms with Crippen LogP contribution in [0, 0.1) is 5.82 Å². The van der Waals surface area contributed by atoms with Gasteiger partial charge in [0.05, 0.1) is 12.6 Å². The number of halogens is 1. The summed E-state index contributed by atoms with van der Waals surface area (Å²) in [7, 11) is 0. The standard InChI is InChI=1S/C22H24FN3O3/c1-15(2)29-12-6-11-25-21(27)18-13-16-8-5-10-24-20(16)26(22(18)28)14-17-7-3-4-9-19(17)23/h3-5,7-10,13,15H,6,11-12,14H2,1-2H3,(H,25,27). The van der Waals surface area contributed by atoms with Gasteiger partial charge in [-0.05, 0) is 44.5 Å². The maximum absolute atomic E-state index is 14.1. The summed E-state index contributed by atoms with van der Waals surface area (Å²) in [5, 5.41) is 3.39. The Hall–Kier alpha value is -3.06. The van der Waals surface area contributed by atoms with E-state index < -0.39 is 17.3 Å². The molecule has 0 aliphatic rings. The van der Waals surface area contributed by atoms with Crippen molar-refractivity contribution in [2.24, 2.45) is 0 Å². The molecule has 2 heterocycles. The molecule has 0 saturated carbocycles. The van der Waals surface area contributed by atoms with Gasteiger partial charge in [0.15, 0.2) is 0 Å². The van der Waals surface area contributed by atoms with Gasteiger partial charge in [-0.15, -0.1) is 0 Å². The number of benzene rings is 1. The first-order valence-electron chi connectivity index (χ1n) is 9.59. The molecule has 0 aliphatic carbocycles. The van der Waals surface area contributed by atoms with Gasteiger partial charge in [-0.25, -0.2) is 9.37 Å². The minimum atomic E-state index is -0.504. The number of ether oxygens (including phenoxy) is 1. The summed E-state index contributed by atoms with van der Waals surface area (Å²) in [6.45, 7) is 4.79. The number of aromatic nitrogens is 2. The molecule has 29 heavy (non-hydrogen) atoms. The molecule has 152 valence electrons. The molecule has 1 N–H and O–H groups in total. The van der Waals surface area contributed by atoms with Gasteiger partial charge in [-0.2, -0.15) is 0 Å². The molecule has 7 heteroatoms. The molecule has 0 fully saturated rings. The summed E-state index contributed by atoms with van der Waals surface area (Å²) in [6.07, 6.45) is 2.33. The molecular weight excluding hydrogens is 373 g/mol. The summed E-state index contributed by atoms with van der Waals surface area (Å²) in [4.78, 5) is 29.9. The highest BCUT2D eigenvalue weighted by atomic mass is 19.1. The number of nitrogens with one attached hydrogen (secondary N) is 1. The van der Waals surface area contributed by atoms with Crippen molar-refractivity contribution in [3.8, 4) is 0 Å². The molecule has 0 bridgehead atoms. The minimum absolute atomic E-state index is 0.00613. The van der Waals surface area contributed by atoms with Gasteiger partial charge < -0.3 is 10.1 Å². The molecule has 6 nitrogen and oxygen atoms in total. The zero-order valence-electron chi connectivity index (χ0n) is 16.5. The van der Waals surface area contributed by atoms with E-state index in [0.717, 1.165) is 0 Å². The van der Waals surface area contributed by atoms with E-state index in [2.05, 4.69) is 10.3 Å². The average molecular weight is 397 g/mol. The van der Waals surface area contributed by atoms with Crippen molar-refractivity contribution in [3.05, 3.63) is 76.0 Å². The second-order valence-electron chi connectivity index (χ2n) is 6.99. The van der Waals surface area contributed by atoms with Crippen LogP contribution in [-0.4, -0.2) is 34.7 Å². The van der Waals surface area contributed by atoms with Crippen molar-refractivity contribution >= 4 is 16.9 Å². The van der Waals surface area contributed by atoms with E-state index >= 15 is 0 Å². The number of nitrogens with zero attached hydrogens (tertiary/aromatic N) is 2. The van der Waals surface area contributed by atoms with Crippen LogP contribution in [0.3, 0.4) is 0 Å². The predicted molar refractivity (Wildman–Crippen MR) is 110 cm³/mol. The number of pyridine rings is 2. The highest BCUT2D eigenvalue weighted by molar-refractivity contribution is 5.96. The van der Waals surface area contributed by atoms with Gasteiger partial charge in [-0.3, -0.25) is 14.2 Å². The van der Waals surface area contributed by atoms with Gasteiger partial charge in [0.25, 0.3) is 11.5 Å². The lowest BCUT2D eigenvalue weighted by molar-refractivity contribution is 0.0757. The highest BCUT2D eigenvalue weighted by Gasteiger charge is 2.17. The van der Waals surface area contributed by atoms with E-state index in [1.165, 1.54) is 16.7 Å². The number of hydrogen-bond acceptors (Lipinski definition) is 4. The third-order valence-corrected chi connectivity index (χ3v) is 4.44. The molecule has 0 atom stereocenters. The first-order valence-corrected chi connectivity index (χ1v) is 9.59. The van der Waals surface area contributed by atoms with Crippen molar-refractivity contribution in [2.75, 3.05) is 13.2 Å². The lowest BCUT2D eigenvalue weighted by atomic mass is 10.1. The maximum Gasteiger partial charge on any atom is 0.265 e. The fraction of sp³-hybridized carbons (Fsp3) is 0.318. The smallest absolute Gasteiger partial charge is 0.265 e. The Kier molecular flexibility index (Phi) is 6.72. The zero-order chi connectivity index (χ0) is 20.8. The van der Waals surface area contributed by atoms with Crippen molar-refractivity contribution in [3.63, 3.8) is 0 Å². The Morgan fingerprint density at radius 3 is 2.79 bits per heavy atom.